The second-order valence-electron chi connectivity index (χ2n) is 7.99. The predicted octanol–water partition coefficient (Wildman–Crippen LogP) is 1.82. The molecule has 2 heterocycles. The number of hydrogen-bond donors (Lipinski definition) is 2. The van der Waals surface area contributed by atoms with Gasteiger partial charge in [-0.25, -0.2) is 0 Å². The van der Waals surface area contributed by atoms with Gasteiger partial charge >= 0.3 is 0 Å². The Kier molecular flexibility index (Phi) is 4.44. The first-order valence-corrected chi connectivity index (χ1v) is 10.0. The van der Waals surface area contributed by atoms with Crippen LogP contribution in [0.5, 0.6) is 5.75 Å². The van der Waals surface area contributed by atoms with Crippen LogP contribution in [0.15, 0.2) is 36.4 Å². The third-order valence-corrected chi connectivity index (χ3v) is 6.29. The maximum absolute atomic E-state index is 13.0. The van der Waals surface area contributed by atoms with Crippen LogP contribution >= 0.6 is 0 Å². The Labute approximate surface area is 174 Å². The van der Waals surface area contributed by atoms with Crippen LogP contribution in [0.25, 0.3) is 0 Å². The number of nitrogens with one attached hydrogen (secondary N) is 2. The van der Waals surface area contributed by atoms with E-state index in [9.17, 15) is 14.9 Å². The van der Waals surface area contributed by atoms with Crippen LogP contribution < -0.4 is 15.4 Å². The lowest BCUT2D eigenvalue weighted by atomic mass is 9.89. The minimum Gasteiger partial charge on any atom is -0.491 e. The van der Waals surface area contributed by atoms with Crippen molar-refractivity contribution in [2.75, 3.05) is 26.9 Å². The van der Waals surface area contributed by atoms with Gasteiger partial charge in [0.2, 0.25) is 0 Å². The average Bonchev–Trinajstić information content (AvgIpc) is 3.15. The number of amides is 2. The number of nitriles is 1. The third kappa shape index (κ3) is 3.01. The summed E-state index contributed by atoms with van der Waals surface area (Å²) in [5.74, 6) is 0.633. The highest BCUT2D eigenvalue weighted by molar-refractivity contribution is 6.02. The summed E-state index contributed by atoms with van der Waals surface area (Å²) < 4.78 is 11.3. The zero-order valence-corrected chi connectivity index (χ0v) is 16.5. The van der Waals surface area contributed by atoms with E-state index >= 15 is 0 Å². The topological polar surface area (TPSA) is 100 Å². The van der Waals surface area contributed by atoms with Crippen LogP contribution in [0, 0.1) is 23.2 Å². The van der Waals surface area contributed by atoms with E-state index in [0.717, 1.165) is 11.1 Å². The summed E-state index contributed by atoms with van der Waals surface area (Å²) in [5.41, 5.74) is 3.05. The maximum atomic E-state index is 13.0. The molecular formula is C23H21N3O4. The summed E-state index contributed by atoms with van der Waals surface area (Å²) >= 11 is 0. The molecular weight excluding hydrogens is 382 g/mol. The molecule has 2 N–H and O–H groups in total. The molecule has 2 aliphatic heterocycles. The number of carbonyl (C=O) groups excluding carboxylic acids is 2. The SMILES string of the molecule is CNC(=O)c1cc(C(=O)NC2[C@H]3COC[C@@H]23)cc2c1OCC2c1cccc(C#N)c1. The van der Waals surface area contributed by atoms with E-state index in [1.807, 2.05) is 24.3 Å². The van der Waals surface area contributed by atoms with Gasteiger partial charge in [0, 0.05) is 42.0 Å². The minimum absolute atomic E-state index is 0.141. The van der Waals surface area contributed by atoms with Crippen LogP contribution in [-0.2, 0) is 4.74 Å². The minimum atomic E-state index is -0.302. The molecule has 0 spiro atoms. The van der Waals surface area contributed by atoms with E-state index in [0.29, 0.717) is 54.1 Å². The number of nitrogens with zero attached hydrogens (tertiary/aromatic N) is 1. The summed E-state index contributed by atoms with van der Waals surface area (Å²) in [4.78, 5) is 25.5. The van der Waals surface area contributed by atoms with Gasteiger partial charge in [-0.3, -0.25) is 9.59 Å². The summed E-state index contributed by atoms with van der Waals surface area (Å²) in [5, 5.41) is 14.9. The molecule has 7 heteroatoms. The Balaban J connectivity index is 1.51. The molecule has 2 fully saturated rings. The van der Waals surface area contributed by atoms with Gasteiger partial charge in [-0.1, -0.05) is 12.1 Å². The Morgan fingerprint density at radius 1 is 1.10 bits per heavy atom. The monoisotopic (exact) mass is 403 g/mol. The van der Waals surface area contributed by atoms with Gasteiger partial charge in [0.05, 0.1) is 37.0 Å². The fraction of sp³-hybridized carbons (Fsp3) is 0.348. The zero-order chi connectivity index (χ0) is 20.8. The fourth-order valence-electron chi connectivity index (χ4n) is 4.55. The zero-order valence-electron chi connectivity index (χ0n) is 16.5. The van der Waals surface area contributed by atoms with Gasteiger partial charge in [-0.15, -0.1) is 0 Å². The Morgan fingerprint density at radius 2 is 1.90 bits per heavy atom. The Hall–Kier alpha value is -3.37. The Bertz CT molecular complexity index is 1080. The molecule has 0 radical (unpaired) electrons. The van der Waals surface area contributed by atoms with Gasteiger partial charge in [0.15, 0.2) is 0 Å². The van der Waals surface area contributed by atoms with Crippen LogP contribution in [0.1, 0.15) is 43.3 Å². The van der Waals surface area contributed by atoms with E-state index in [-0.39, 0.29) is 23.8 Å². The van der Waals surface area contributed by atoms with Crippen molar-refractivity contribution in [3.63, 3.8) is 0 Å². The van der Waals surface area contributed by atoms with E-state index in [4.69, 9.17) is 9.47 Å². The highest BCUT2D eigenvalue weighted by Gasteiger charge is 2.54. The number of benzene rings is 2. The van der Waals surface area contributed by atoms with E-state index < -0.39 is 0 Å². The first-order valence-electron chi connectivity index (χ1n) is 10.0. The predicted molar refractivity (Wildman–Crippen MR) is 107 cm³/mol. The summed E-state index contributed by atoms with van der Waals surface area (Å²) in [6.45, 7) is 1.73. The molecule has 2 aromatic carbocycles. The van der Waals surface area contributed by atoms with Gasteiger partial charge in [0.25, 0.3) is 11.8 Å². The maximum Gasteiger partial charge on any atom is 0.254 e. The van der Waals surface area contributed by atoms with Crippen LogP contribution in [0.3, 0.4) is 0 Å². The smallest absolute Gasteiger partial charge is 0.254 e. The number of ether oxygens (including phenoxy) is 2. The van der Waals surface area contributed by atoms with E-state index in [1.54, 1.807) is 19.2 Å². The van der Waals surface area contributed by atoms with Crippen molar-refractivity contribution in [3.8, 4) is 11.8 Å². The van der Waals surface area contributed by atoms with Gasteiger partial charge in [-0.05, 0) is 29.8 Å². The van der Waals surface area contributed by atoms with Gasteiger partial charge < -0.3 is 20.1 Å². The second-order valence-corrected chi connectivity index (χ2v) is 7.99. The van der Waals surface area contributed by atoms with Crippen LogP contribution in [-0.4, -0.2) is 44.7 Å². The molecule has 2 aromatic rings. The quantitative estimate of drug-likeness (QED) is 0.811. The van der Waals surface area contributed by atoms with Gasteiger partial charge in [0.1, 0.15) is 5.75 Å². The molecule has 2 amide bonds. The standard InChI is InChI=1S/C23H21N3O4/c1-25-23(28)16-7-14(22(27)26-20-18-9-29-10-19(18)20)6-15-17(11-30-21(15)16)13-4-2-3-12(5-13)8-24/h2-7,17-20H,9-11H2,1H3,(H,25,28)(H,26,27)/t17?,18-,19+,20?. The van der Waals surface area contributed by atoms with Crippen molar-refractivity contribution in [2.24, 2.45) is 11.8 Å². The molecule has 2 unspecified atom stereocenters. The van der Waals surface area contributed by atoms with Crippen molar-refractivity contribution in [1.29, 1.82) is 5.26 Å². The van der Waals surface area contributed by atoms with Crippen molar-refractivity contribution in [1.82, 2.24) is 10.6 Å². The summed E-state index contributed by atoms with van der Waals surface area (Å²) in [7, 11) is 1.55. The van der Waals surface area contributed by atoms with Gasteiger partial charge in [-0.2, -0.15) is 5.26 Å². The first-order chi connectivity index (χ1) is 14.6. The van der Waals surface area contributed by atoms with Crippen molar-refractivity contribution >= 4 is 11.8 Å². The fourth-order valence-corrected chi connectivity index (χ4v) is 4.55. The van der Waals surface area contributed by atoms with Crippen molar-refractivity contribution in [3.05, 3.63) is 64.2 Å². The molecule has 5 rings (SSSR count). The molecule has 1 saturated carbocycles. The van der Waals surface area contributed by atoms with E-state index in [1.165, 1.54) is 0 Å². The number of hydrogen-bond acceptors (Lipinski definition) is 5. The number of fused-ring (bicyclic) bond motifs is 2. The second kappa shape index (κ2) is 7.15. The summed E-state index contributed by atoms with van der Waals surface area (Å²) in [6.07, 6.45) is 0. The molecule has 3 aliphatic rings. The molecule has 1 aliphatic carbocycles. The van der Waals surface area contributed by atoms with E-state index in [2.05, 4.69) is 16.7 Å². The van der Waals surface area contributed by atoms with Crippen LogP contribution in [0.4, 0.5) is 0 Å². The number of carbonyl (C=O) groups is 2. The lowest BCUT2D eigenvalue weighted by Gasteiger charge is -2.14. The lowest BCUT2D eigenvalue weighted by molar-refractivity contribution is 0.0929. The molecule has 30 heavy (non-hydrogen) atoms. The lowest BCUT2D eigenvalue weighted by Crippen LogP contribution is -2.30. The molecule has 7 nitrogen and oxygen atoms in total. The molecule has 152 valence electrons. The average molecular weight is 403 g/mol. The first kappa shape index (κ1) is 18.6. The molecule has 0 bridgehead atoms. The largest absolute Gasteiger partial charge is 0.491 e. The summed E-state index contributed by atoms with van der Waals surface area (Å²) in [6, 6.07) is 13.0. The van der Waals surface area contributed by atoms with Crippen molar-refractivity contribution in [2.45, 2.75) is 12.0 Å². The molecule has 0 aromatic heterocycles. The number of rotatable bonds is 4. The highest BCUT2D eigenvalue weighted by atomic mass is 16.5. The molecule has 4 atom stereocenters. The molecule has 1 saturated heterocycles. The third-order valence-electron chi connectivity index (χ3n) is 6.29. The highest BCUT2D eigenvalue weighted by Crippen LogP contribution is 2.45. The van der Waals surface area contributed by atoms with Crippen LogP contribution in [0.2, 0.25) is 0 Å². The normalized spacial score (nSPS) is 25.5. The Morgan fingerprint density at radius 3 is 2.63 bits per heavy atom. The van der Waals surface area contributed by atoms with Crippen molar-refractivity contribution < 1.29 is 19.1 Å².